The summed E-state index contributed by atoms with van der Waals surface area (Å²) >= 11 is 0. The fourth-order valence-electron chi connectivity index (χ4n) is 9.24. The Hall–Kier alpha value is -8.34. The van der Waals surface area contributed by atoms with E-state index in [1.54, 1.807) is 0 Å². The molecule has 0 bridgehead atoms. The van der Waals surface area contributed by atoms with E-state index in [1.807, 2.05) is 36.4 Å². The Bertz CT molecular complexity index is 3550. The molecule has 0 atom stereocenters. The normalized spacial score (nSPS) is 11.5. The second kappa shape index (κ2) is 14.7. The molecule has 0 spiro atoms. The molecule has 12 aromatic rings. The van der Waals surface area contributed by atoms with Crippen LogP contribution < -0.4 is 0 Å². The number of hydrogen-bond acceptors (Lipinski definition) is 2. The average molecular weight is 791 g/mol. The summed E-state index contributed by atoms with van der Waals surface area (Å²) in [7, 11) is 0. The van der Waals surface area contributed by atoms with Crippen molar-refractivity contribution >= 4 is 43.6 Å². The van der Waals surface area contributed by atoms with Gasteiger partial charge in [0.05, 0.1) is 33.5 Å². The second-order valence-corrected chi connectivity index (χ2v) is 15.8. The molecule has 0 aliphatic heterocycles. The predicted molar refractivity (Wildman–Crippen MR) is 258 cm³/mol. The zero-order chi connectivity index (χ0) is 41.0. The second-order valence-electron chi connectivity index (χ2n) is 15.8. The lowest BCUT2D eigenvalue weighted by molar-refractivity contribution is 1.17. The molecule has 4 heteroatoms. The van der Waals surface area contributed by atoms with Crippen molar-refractivity contribution in [2.24, 2.45) is 0 Å². The number of benzene rings is 9. The van der Waals surface area contributed by atoms with Gasteiger partial charge in [-0.1, -0.05) is 176 Å². The molecule has 12 rings (SSSR count). The van der Waals surface area contributed by atoms with Crippen molar-refractivity contribution in [1.82, 2.24) is 19.1 Å². The van der Waals surface area contributed by atoms with Gasteiger partial charge in [-0.3, -0.25) is 0 Å². The van der Waals surface area contributed by atoms with Gasteiger partial charge in [0.2, 0.25) is 0 Å². The van der Waals surface area contributed by atoms with Gasteiger partial charge in [0.25, 0.3) is 0 Å². The molecule has 62 heavy (non-hydrogen) atoms. The monoisotopic (exact) mass is 790 g/mol. The van der Waals surface area contributed by atoms with Gasteiger partial charge in [0.1, 0.15) is 0 Å². The van der Waals surface area contributed by atoms with E-state index in [2.05, 4.69) is 203 Å². The topological polar surface area (TPSA) is 35.6 Å². The first-order chi connectivity index (χ1) is 30.7. The Labute approximate surface area is 359 Å². The van der Waals surface area contributed by atoms with E-state index in [0.717, 1.165) is 50.6 Å². The number of aromatic nitrogens is 4. The summed E-state index contributed by atoms with van der Waals surface area (Å²) in [6.07, 6.45) is 0. The fourth-order valence-corrected chi connectivity index (χ4v) is 9.24. The molecular weight excluding hydrogens is 753 g/mol. The smallest absolute Gasteiger partial charge is 0.160 e. The van der Waals surface area contributed by atoms with Crippen LogP contribution in [0.3, 0.4) is 0 Å². The Morgan fingerprint density at radius 3 is 1.47 bits per heavy atom. The SMILES string of the molecule is c1ccc(-c2cc(-c3ccccc3)nc(-c3ccc(-c4ccc5c(c4)c4ccccc4n5-c4cccc(-c5cccc6c7ccccc7n(-c7ccccc7)c56)c4)cc3)n2)cc1. The summed E-state index contributed by atoms with van der Waals surface area (Å²) in [6, 6.07) is 82.2. The molecule has 4 nitrogen and oxygen atoms in total. The minimum atomic E-state index is 0.704. The number of fused-ring (bicyclic) bond motifs is 6. The number of para-hydroxylation sites is 4. The molecule has 0 radical (unpaired) electrons. The van der Waals surface area contributed by atoms with E-state index in [9.17, 15) is 0 Å². The Morgan fingerprint density at radius 2 is 0.774 bits per heavy atom. The Balaban J connectivity index is 0.947. The van der Waals surface area contributed by atoms with Crippen LogP contribution in [0.1, 0.15) is 0 Å². The van der Waals surface area contributed by atoms with Crippen molar-refractivity contribution in [1.29, 1.82) is 0 Å². The summed E-state index contributed by atoms with van der Waals surface area (Å²) in [4.78, 5) is 10.1. The van der Waals surface area contributed by atoms with Crippen LogP contribution in [0.4, 0.5) is 0 Å². The summed E-state index contributed by atoms with van der Waals surface area (Å²) in [6.45, 7) is 0. The zero-order valence-corrected chi connectivity index (χ0v) is 33.7. The highest BCUT2D eigenvalue weighted by atomic mass is 15.0. The fraction of sp³-hybridized carbons (Fsp3) is 0. The molecule has 0 amide bonds. The first-order valence-corrected chi connectivity index (χ1v) is 21.1. The third kappa shape index (κ3) is 6.00. The molecule has 0 aliphatic rings. The van der Waals surface area contributed by atoms with Crippen molar-refractivity contribution in [2.75, 3.05) is 0 Å². The molecule has 3 heterocycles. The maximum Gasteiger partial charge on any atom is 0.160 e. The van der Waals surface area contributed by atoms with Crippen LogP contribution in [0.2, 0.25) is 0 Å². The van der Waals surface area contributed by atoms with Gasteiger partial charge in [-0.25, -0.2) is 9.97 Å². The maximum absolute atomic E-state index is 5.06. The lowest BCUT2D eigenvalue weighted by atomic mass is 10.0. The standard InChI is InChI=1S/C58H38N4/c1-4-16-40(17-5-1)52-38-53(41-18-6-2-7-19-41)60-58(59-52)42-32-30-39(31-33-42)43-34-35-56-51(37-43)49-25-11-12-28-54(49)61(56)46-23-14-20-44(36-46)47-26-15-27-50-48-24-10-13-29-55(48)62(57(47)50)45-21-8-3-9-22-45/h1-38H. The van der Waals surface area contributed by atoms with Gasteiger partial charge in [-0.2, -0.15) is 0 Å². The van der Waals surface area contributed by atoms with Crippen LogP contribution in [-0.4, -0.2) is 19.1 Å². The Morgan fingerprint density at radius 1 is 0.274 bits per heavy atom. The zero-order valence-electron chi connectivity index (χ0n) is 33.7. The van der Waals surface area contributed by atoms with E-state index in [1.165, 1.54) is 54.7 Å². The van der Waals surface area contributed by atoms with E-state index >= 15 is 0 Å². The van der Waals surface area contributed by atoms with Gasteiger partial charge in [-0.15, -0.1) is 0 Å². The highest BCUT2D eigenvalue weighted by molar-refractivity contribution is 6.14. The third-order valence-corrected chi connectivity index (χ3v) is 12.1. The van der Waals surface area contributed by atoms with E-state index in [4.69, 9.17) is 9.97 Å². The molecule has 0 aliphatic carbocycles. The molecule has 0 saturated heterocycles. The molecule has 3 aromatic heterocycles. The molecule has 0 saturated carbocycles. The molecule has 0 fully saturated rings. The van der Waals surface area contributed by atoms with Crippen LogP contribution >= 0.6 is 0 Å². The van der Waals surface area contributed by atoms with Crippen molar-refractivity contribution in [2.45, 2.75) is 0 Å². The average Bonchev–Trinajstić information content (AvgIpc) is 3.88. The van der Waals surface area contributed by atoms with Crippen molar-refractivity contribution in [3.05, 3.63) is 231 Å². The minimum Gasteiger partial charge on any atom is -0.309 e. The quantitative estimate of drug-likeness (QED) is 0.161. The van der Waals surface area contributed by atoms with Gasteiger partial charge in [-0.05, 0) is 71.3 Å². The lowest BCUT2D eigenvalue weighted by Crippen LogP contribution is -1.97. The molecule has 9 aromatic carbocycles. The van der Waals surface area contributed by atoms with E-state index < -0.39 is 0 Å². The number of rotatable bonds is 7. The van der Waals surface area contributed by atoms with Crippen molar-refractivity contribution < 1.29 is 0 Å². The van der Waals surface area contributed by atoms with Crippen LogP contribution in [0.5, 0.6) is 0 Å². The van der Waals surface area contributed by atoms with E-state index in [-0.39, 0.29) is 0 Å². The van der Waals surface area contributed by atoms with Gasteiger partial charge < -0.3 is 9.13 Å². The van der Waals surface area contributed by atoms with Crippen molar-refractivity contribution in [3.63, 3.8) is 0 Å². The van der Waals surface area contributed by atoms with Gasteiger partial charge in [0.15, 0.2) is 5.82 Å². The van der Waals surface area contributed by atoms with Crippen LogP contribution in [0.15, 0.2) is 231 Å². The minimum absolute atomic E-state index is 0.704. The summed E-state index contributed by atoms with van der Waals surface area (Å²) in [5.41, 5.74) is 16.6. The largest absolute Gasteiger partial charge is 0.309 e. The first-order valence-electron chi connectivity index (χ1n) is 21.1. The summed E-state index contributed by atoms with van der Waals surface area (Å²) in [5, 5.41) is 4.93. The van der Waals surface area contributed by atoms with Crippen molar-refractivity contribution in [3.8, 4) is 67.5 Å². The first kappa shape index (κ1) is 35.6. The lowest BCUT2D eigenvalue weighted by Gasteiger charge is -2.14. The third-order valence-electron chi connectivity index (χ3n) is 12.1. The van der Waals surface area contributed by atoms with Crippen LogP contribution in [0, 0.1) is 0 Å². The van der Waals surface area contributed by atoms with Gasteiger partial charge >= 0.3 is 0 Å². The Kier molecular flexibility index (Phi) is 8.46. The van der Waals surface area contributed by atoms with E-state index in [0.29, 0.717) is 5.82 Å². The molecular formula is C58H38N4. The highest BCUT2D eigenvalue weighted by Crippen LogP contribution is 2.40. The van der Waals surface area contributed by atoms with Crippen LogP contribution in [-0.2, 0) is 0 Å². The van der Waals surface area contributed by atoms with Gasteiger partial charge in [0, 0.05) is 55.2 Å². The summed E-state index contributed by atoms with van der Waals surface area (Å²) in [5.74, 6) is 0.704. The molecule has 0 N–H and O–H groups in total. The molecule has 0 unspecified atom stereocenters. The number of hydrogen-bond donors (Lipinski definition) is 0. The predicted octanol–water partition coefficient (Wildman–Crippen LogP) is 15.0. The number of nitrogens with zero attached hydrogens (tertiary/aromatic N) is 4. The molecule has 290 valence electrons. The van der Waals surface area contributed by atoms with Crippen LogP contribution in [0.25, 0.3) is 111 Å². The maximum atomic E-state index is 5.06. The highest BCUT2D eigenvalue weighted by Gasteiger charge is 2.19. The summed E-state index contributed by atoms with van der Waals surface area (Å²) < 4.78 is 4.83.